The molecule has 4 aromatic carbocycles. The fourth-order valence-corrected chi connectivity index (χ4v) is 3.25. The zero-order valence-electron chi connectivity index (χ0n) is 20.0. The normalized spacial score (nSPS) is 9.89. The standard InChI is InChI=1S/C20H18N4O2.C8H7NO3/c21-15-6-1-4-13(10-15)19(25)23-17-8-3-9-18(12-17)24-20(26)14-5-2-7-16(22)11-14;9-7(10)5-2-1-3-6(4-5)8(11)12/h1-12H,21-22H2,(H,23,25)(H,24,26);1-4H,(H2,9,10)(H,11,12). The number of carboxylic acids is 1. The molecule has 0 spiro atoms. The number of nitrogens with two attached hydrogens (primary N) is 3. The van der Waals surface area contributed by atoms with Crippen molar-refractivity contribution in [2.75, 3.05) is 22.1 Å². The second-order valence-corrected chi connectivity index (χ2v) is 7.99. The first-order chi connectivity index (χ1) is 18.1. The number of aromatic carboxylic acids is 1. The number of primary amides is 1. The number of amides is 3. The van der Waals surface area contributed by atoms with Gasteiger partial charge in [0.15, 0.2) is 0 Å². The van der Waals surface area contributed by atoms with Crippen LogP contribution in [0.4, 0.5) is 22.7 Å². The molecule has 0 unspecified atom stereocenters. The lowest BCUT2D eigenvalue weighted by Gasteiger charge is -2.09. The Balaban J connectivity index is 0.000000279. The summed E-state index contributed by atoms with van der Waals surface area (Å²) in [6, 6.07) is 25.9. The van der Waals surface area contributed by atoms with E-state index < -0.39 is 11.9 Å². The van der Waals surface area contributed by atoms with Crippen molar-refractivity contribution in [2.24, 2.45) is 5.73 Å². The van der Waals surface area contributed by atoms with Gasteiger partial charge in [-0.05, 0) is 72.8 Å². The maximum absolute atomic E-state index is 12.3. The van der Waals surface area contributed by atoms with Gasteiger partial charge in [0.25, 0.3) is 11.8 Å². The number of anilines is 4. The van der Waals surface area contributed by atoms with E-state index in [0.29, 0.717) is 33.9 Å². The van der Waals surface area contributed by atoms with Gasteiger partial charge in [-0.3, -0.25) is 14.4 Å². The van der Waals surface area contributed by atoms with Crippen molar-refractivity contribution in [3.8, 4) is 0 Å². The molecule has 4 aromatic rings. The minimum absolute atomic E-state index is 0.0614. The van der Waals surface area contributed by atoms with Gasteiger partial charge in [0.2, 0.25) is 5.91 Å². The SMILES string of the molecule is NC(=O)c1cccc(C(=O)O)c1.Nc1cccc(C(=O)Nc2cccc(NC(=O)c3cccc(N)c3)c2)c1. The number of carboxylic acid groups (broad SMARTS) is 1. The second-order valence-electron chi connectivity index (χ2n) is 7.99. The highest BCUT2D eigenvalue weighted by Crippen LogP contribution is 2.18. The lowest BCUT2D eigenvalue weighted by molar-refractivity contribution is 0.0696. The third kappa shape index (κ3) is 7.68. The van der Waals surface area contributed by atoms with Crippen LogP contribution in [0.3, 0.4) is 0 Å². The summed E-state index contributed by atoms with van der Waals surface area (Å²) in [5, 5.41) is 14.1. The molecule has 0 heterocycles. The van der Waals surface area contributed by atoms with Crippen LogP contribution >= 0.6 is 0 Å². The van der Waals surface area contributed by atoms with Crippen molar-refractivity contribution < 1.29 is 24.3 Å². The minimum atomic E-state index is -1.07. The van der Waals surface area contributed by atoms with Crippen LogP contribution in [0.5, 0.6) is 0 Å². The van der Waals surface area contributed by atoms with Crippen LogP contribution in [0.2, 0.25) is 0 Å². The molecule has 0 atom stereocenters. The van der Waals surface area contributed by atoms with Gasteiger partial charge in [-0.15, -0.1) is 0 Å². The molecule has 0 aliphatic carbocycles. The predicted octanol–water partition coefficient (Wildman–Crippen LogP) is 3.84. The first-order valence-electron chi connectivity index (χ1n) is 11.2. The Morgan fingerprint density at radius 3 is 1.42 bits per heavy atom. The van der Waals surface area contributed by atoms with Gasteiger partial charge in [-0.1, -0.05) is 24.3 Å². The van der Waals surface area contributed by atoms with E-state index in [1.54, 1.807) is 72.8 Å². The first kappa shape index (κ1) is 27.0. The van der Waals surface area contributed by atoms with E-state index in [1.807, 2.05) is 0 Å². The zero-order chi connectivity index (χ0) is 27.7. The molecular weight excluding hydrogens is 486 g/mol. The highest BCUT2D eigenvalue weighted by Gasteiger charge is 2.09. The largest absolute Gasteiger partial charge is 0.478 e. The molecule has 0 aromatic heterocycles. The molecule has 10 heteroatoms. The lowest BCUT2D eigenvalue weighted by Crippen LogP contribution is -2.14. The van der Waals surface area contributed by atoms with Crippen molar-refractivity contribution in [3.05, 3.63) is 119 Å². The summed E-state index contributed by atoms with van der Waals surface area (Å²) in [6.07, 6.45) is 0. The second kappa shape index (κ2) is 12.4. The molecule has 0 aliphatic rings. The summed E-state index contributed by atoms with van der Waals surface area (Å²) in [6.45, 7) is 0. The molecule has 10 nitrogen and oxygen atoms in total. The van der Waals surface area contributed by atoms with Gasteiger partial charge in [0.1, 0.15) is 0 Å². The van der Waals surface area contributed by atoms with Crippen LogP contribution in [0.25, 0.3) is 0 Å². The van der Waals surface area contributed by atoms with Crippen LogP contribution in [0.1, 0.15) is 41.4 Å². The Morgan fingerprint density at radius 1 is 0.553 bits per heavy atom. The van der Waals surface area contributed by atoms with Crippen molar-refractivity contribution in [1.82, 2.24) is 0 Å². The van der Waals surface area contributed by atoms with Crippen molar-refractivity contribution >= 4 is 46.4 Å². The number of carbonyl (C=O) groups excluding carboxylic acids is 3. The molecule has 0 fully saturated rings. The van der Waals surface area contributed by atoms with E-state index in [1.165, 1.54) is 24.3 Å². The molecule has 0 bridgehead atoms. The van der Waals surface area contributed by atoms with Crippen LogP contribution in [-0.2, 0) is 0 Å². The minimum Gasteiger partial charge on any atom is -0.478 e. The molecule has 192 valence electrons. The van der Waals surface area contributed by atoms with E-state index in [4.69, 9.17) is 22.3 Å². The fraction of sp³-hybridized carbons (Fsp3) is 0. The first-order valence-corrected chi connectivity index (χ1v) is 11.2. The highest BCUT2D eigenvalue weighted by molar-refractivity contribution is 6.07. The molecule has 0 radical (unpaired) electrons. The van der Waals surface area contributed by atoms with Gasteiger partial charge in [-0.2, -0.15) is 0 Å². The summed E-state index contributed by atoms with van der Waals surface area (Å²) in [5.41, 5.74) is 19.7. The van der Waals surface area contributed by atoms with Gasteiger partial charge < -0.3 is 32.9 Å². The predicted molar refractivity (Wildman–Crippen MR) is 146 cm³/mol. The Morgan fingerprint density at radius 2 is 0.974 bits per heavy atom. The van der Waals surface area contributed by atoms with E-state index in [0.717, 1.165) is 0 Å². The Bertz CT molecular complexity index is 1400. The topological polar surface area (TPSA) is 191 Å². The lowest BCUT2D eigenvalue weighted by atomic mass is 10.1. The van der Waals surface area contributed by atoms with E-state index in [-0.39, 0.29) is 22.9 Å². The number of nitrogen functional groups attached to an aromatic ring is 2. The molecule has 9 N–H and O–H groups in total. The average molecular weight is 512 g/mol. The number of hydrogen-bond donors (Lipinski definition) is 6. The molecule has 3 amide bonds. The molecular formula is C28H25N5O5. The average Bonchev–Trinajstić information content (AvgIpc) is 2.89. The highest BCUT2D eigenvalue weighted by atomic mass is 16.4. The molecule has 0 saturated carbocycles. The molecule has 38 heavy (non-hydrogen) atoms. The van der Waals surface area contributed by atoms with Gasteiger partial charge in [-0.25, -0.2) is 4.79 Å². The zero-order valence-corrected chi connectivity index (χ0v) is 20.0. The van der Waals surface area contributed by atoms with E-state index >= 15 is 0 Å². The Labute approximate surface area is 218 Å². The summed E-state index contributed by atoms with van der Waals surface area (Å²) in [4.78, 5) is 45.6. The van der Waals surface area contributed by atoms with Crippen LogP contribution in [-0.4, -0.2) is 28.8 Å². The smallest absolute Gasteiger partial charge is 0.335 e. The molecule has 0 saturated heterocycles. The van der Waals surface area contributed by atoms with Gasteiger partial charge >= 0.3 is 5.97 Å². The van der Waals surface area contributed by atoms with Crippen LogP contribution in [0.15, 0.2) is 97.1 Å². The summed E-state index contributed by atoms with van der Waals surface area (Å²) >= 11 is 0. The molecule has 0 aliphatic heterocycles. The summed E-state index contributed by atoms with van der Waals surface area (Å²) in [7, 11) is 0. The van der Waals surface area contributed by atoms with Crippen molar-refractivity contribution in [1.29, 1.82) is 0 Å². The quantitative estimate of drug-likeness (QED) is 0.212. The maximum Gasteiger partial charge on any atom is 0.335 e. The third-order valence-electron chi connectivity index (χ3n) is 5.07. The van der Waals surface area contributed by atoms with Crippen LogP contribution in [0, 0.1) is 0 Å². The van der Waals surface area contributed by atoms with E-state index in [2.05, 4.69) is 10.6 Å². The van der Waals surface area contributed by atoms with Crippen molar-refractivity contribution in [3.63, 3.8) is 0 Å². The Hall–Kier alpha value is -5.64. The monoisotopic (exact) mass is 511 g/mol. The number of carbonyl (C=O) groups is 4. The third-order valence-corrected chi connectivity index (χ3v) is 5.07. The number of benzene rings is 4. The number of nitrogens with one attached hydrogen (secondary N) is 2. The molecule has 4 rings (SSSR count). The maximum atomic E-state index is 12.3. The van der Waals surface area contributed by atoms with Gasteiger partial charge in [0.05, 0.1) is 5.56 Å². The fourth-order valence-electron chi connectivity index (χ4n) is 3.25. The summed E-state index contributed by atoms with van der Waals surface area (Å²) < 4.78 is 0. The van der Waals surface area contributed by atoms with Gasteiger partial charge in [0, 0.05) is 39.4 Å². The van der Waals surface area contributed by atoms with Crippen LogP contribution < -0.4 is 27.8 Å². The summed E-state index contributed by atoms with van der Waals surface area (Å²) in [5.74, 6) is -2.26. The Kier molecular flexibility index (Phi) is 8.77. The van der Waals surface area contributed by atoms with Crippen molar-refractivity contribution in [2.45, 2.75) is 0 Å². The van der Waals surface area contributed by atoms with E-state index in [9.17, 15) is 19.2 Å². The number of rotatable bonds is 6. The number of hydrogen-bond acceptors (Lipinski definition) is 6.